The third-order valence-electron chi connectivity index (χ3n) is 4.73. The molecular formula is C20H20N6O2. The fourth-order valence-corrected chi connectivity index (χ4v) is 2.95. The predicted octanol–water partition coefficient (Wildman–Crippen LogP) is 3.16. The van der Waals surface area contributed by atoms with Crippen LogP contribution in [-0.2, 0) is 6.54 Å². The van der Waals surface area contributed by atoms with Crippen LogP contribution in [0.25, 0.3) is 5.65 Å². The Labute approximate surface area is 161 Å². The molecule has 0 bridgehead atoms. The average Bonchev–Trinajstić information content (AvgIpc) is 3.38. The highest BCUT2D eigenvalue weighted by atomic mass is 16.5. The Morgan fingerprint density at radius 2 is 2.00 bits per heavy atom. The van der Waals surface area contributed by atoms with Crippen LogP contribution < -0.4 is 5.32 Å². The molecule has 1 N–H and O–H groups in total. The molecule has 1 aromatic carbocycles. The molecule has 8 nitrogen and oxygen atoms in total. The largest absolute Gasteiger partial charge is 0.364 e. The van der Waals surface area contributed by atoms with Gasteiger partial charge in [0.15, 0.2) is 5.65 Å². The fourth-order valence-electron chi connectivity index (χ4n) is 2.95. The lowest BCUT2D eigenvalue weighted by Gasteiger charge is -2.22. The van der Waals surface area contributed by atoms with Crippen LogP contribution in [0.3, 0.4) is 0 Å². The minimum absolute atomic E-state index is 0.128. The van der Waals surface area contributed by atoms with E-state index in [0.29, 0.717) is 17.2 Å². The van der Waals surface area contributed by atoms with E-state index in [1.165, 1.54) is 0 Å². The maximum absolute atomic E-state index is 12.5. The van der Waals surface area contributed by atoms with Crippen LogP contribution in [0.4, 0.5) is 5.95 Å². The number of benzene rings is 1. The van der Waals surface area contributed by atoms with Crippen LogP contribution in [0, 0.1) is 0 Å². The average molecular weight is 376 g/mol. The van der Waals surface area contributed by atoms with E-state index in [4.69, 9.17) is 4.52 Å². The standard InChI is InChI=1S/C20H20N6O2/c1-14(17-10-12-28-24-17)25(2)13-15-6-8-16(9-7-15)19(27)21-20-23-22-18-5-3-4-11-26(18)20/h3-12,14H,13H2,1-2H3,(H,21,23,27)/t14-/m0/s1. The third kappa shape index (κ3) is 3.63. The van der Waals surface area contributed by atoms with Gasteiger partial charge in [0, 0.05) is 24.4 Å². The van der Waals surface area contributed by atoms with Crippen molar-refractivity contribution in [1.82, 2.24) is 24.7 Å². The molecule has 0 aliphatic heterocycles. The van der Waals surface area contributed by atoms with Gasteiger partial charge < -0.3 is 4.52 Å². The Morgan fingerprint density at radius 3 is 2.75 bits per heavy atom. The number of aromatic nitrogens is 4. The summed E-state index contributed by atoms with van der Waals surface area (Å²) in [5, 5.41) is 14.8. The molecule has 0 unspecified atom stereocenters. The second-order valence-electron chi connectivity index (χ2n) is 6.62. The minimum Gasteiger partial charge on any atom is -0.364 e. The van der Waals surface area contributed by atoms with Crippen molar-refractivity contribution in [3.05, 3.63) is 77.8 Å². The van der Waals surface area contributed by atoms with Crippen molar-refractivity contribution < 1.29 is 9.32 Å². The van der Waals surface area contributed by atoms with Crippen molar-refractivity contribution in [2.45, 2.75) is 19.5 Å². The molecular weight excluding hydrogens is 356 g/mol. The molecule has 0 fully saturated rings. The SMILES string of the molecule is C[C@@H](c1ccon1)N(C)Cc1ccc(C(=O)Nc2nnc3ccccn23)cc1. The first-order chi connectivity index (χ1) is 13.6. The molecule has 28 heavy (non-hydrogen) atoms. The number of pyridine rings is 1. The minimum atomic E-state index is -0.228. The quantitative estimate of drug-likeness (QED) is 0.556. The maximum Gasteiger partial charge on any atom is 0.258 e. The molecule has 142 valence electrons. The van der Waals surface area contributed by atoms with Crippen LogP contribution in [0.15, 0.2) is 65.5 Å². The molecule has 0 saturated carbocycles. The number of nitrogens with zero attached hydrogens (tertiary/aromatic N) is 5. The van der Waals surface area contributed by atoms with E-state index in [1.807, 2.05) is 55.6 Å². The van der Waals surface area contributed by atoms with E-state index in [-0.39, 0.29) is 11.9 Å². The van der Waals surface area contributed by atoms with Gasteiger partial charge in [-0.05, 0) is 43.8 Å². The molecule has 0 radical (unpaired) electrons. The van der Waals surface area contributed by atoms with Gasteiger partial charge in [0.1, 0.15) is 12.0 Å². The molecule has 4 rings (SSSR count). The number of carbonyl (C=O) groups excluding carboxylic acids is 1. The predicted molar refractivity (Wildman–Crippen MR) is 104 cm³/mol. The molecule has 0 saturated heterocycles. The van der Waals surface area contributed by atoms with Gasteiger partial charge in [0.05, 0.1) is 6.04 Å². The zero-order valence-electron chi connectivity index (χ0n) is 15.6. The highest BCUT2D eigenvalue weighted by Gasteiger charge is 2.15. The van der Waals surface area contributed by atoms with Crippen molar-refractivity contribution in [2.75, 3.05) is 12.4 Å². The number of fused-ring (bicyclic) bond motifs is 1. The molecule has 3 aromatic heterocycles. The maximum atomic E-state index is 12.5. The molecule has 8 heteroatoms. The molecule has 0 spiro atoms. The van der Waals surface area contributed by atoms with Crippen molar-refractivity contribution >= 4 is 17.5 Å². The third-order valence-corrected chi connectivity index (χ3v) is 4.73. The van der Waals surface area contributed by atoms with Gasteiger partial charge in [0.2, 0.25) is 5.95 Å². The Balaban J connectivity index is 1.42. The van der Waals surface area contributed by atoms with Crippen molar-refractivity contribution in [3.63, 3.8) is 0 Å². The Kier molecular flexibility index (Phi) is 4.86. The van der Waals surface area contributed by atoms with Crippen LogP contribution in [0.2, 0.25) is 0 Å². The fraction of sp³-hybridized carbons (Fsp3) is 0.200. The number of hydrogen-bond acceptors (Lipinski definition) is 6. The first kappa shape index (κ1) is 17.9. The zero-order chi connectivity index (χ0) is 19.5. The van der Waals surface area contributed by atoms with E-state index >= 15 is 0 Å². The number of anilines is 1. The summed E-state index contributed by atoms with van der Waals surface area (Å²) in [4.78, 5) is 14.7. The highest BCUT2D eigenvalue weighted by molar-refractivity contribution is 6.03. The van der Waals surface area contributed by atoms with Crippen molar-refractivity contribution in [2.24, 2.45) is 0 Å². The number of carbonyl (C=O) groups is 1. The van der Waals surface area contributed by atoms with Gasteiger partial charge in [0.25, 0.3) is 5.91 Å². The monoisotopic (exact) mass is 376 g/mol. The lowest BCUT2D eigenvalue weighted by molar-refractivity contribution is 0.102. The summed E-state index contributed by atoms with van der Waals surface area (Å²) in [7, 11) is 2.02. The molecule has 0 aliphatic rings. The van der Waals surface area contributed by atoms with E-state index in [9.17, 15) is 4.79 Å². The van der Waals surface area contributed by atoms with Gasteiger partial charge in [-0.25, -0.2) is 0 Å². The Bertz CT molecular complexity index is 1070. The first-order valence-corrected chi connectivity index (χ1v) is 8.92. The van der Waals surface area contributed by atoms with Crippen LogP contribution in [0.1, 0.15) is 34.6 Å². The second-order valence-corrected chi connectivity index (χ2v) is 6.62. The van der Waals surface area contributed by atoms with Gasteiger partial charge in [-0.15, -0.1) is 10.2 Å². The van der Waals surface area contributed by atoms with E-state index in [2.05, 4.69) is 32.5 Å². The van der Waals surface area contributed by atoms with E-state index < -0.39 is 0 Å². The molecule has 1 amide bonds. The normalized spacial score (nSPS) is 12.4. The molecule has 1 atom stereocenters. The van der Waals surface area contributed by atoms with Gasteiger partial charge in [-0.1, -0.05) is 23.4 Å². The first-order valence-electron chi connectivity index (χ1n) is 8.92. The number of amides is 1. The number of nitrogens with one attached hydrogen (secondary N) is 1. The summed E-state index contributed by atoms with van der Waals surface area (Å²) in [5.74, 6) is 0.167. The molecule has 0 aliphatic carbocycles. The van der Waals surface area contributed by atoms with E-state index in [0.717, 1.165) is 17.8 Å². The van der Waals surface area contributed by atoms with Crippen LogP contribution in [-0.4, -0.2) is 37.6 Å². The van der Waals surface area contributed by atoms with Crippen molar-refractivity contribution in [1.29, 1.82) is 0 Å². The van der Waals surface area contributed by atoms with Gasteiger partial charge in [-0.2, -0.15) is 0 Å². The second kappa shape index (κ2) is 7.61. The summed E-state index contributed by atoms with van der Waals surface area (Å²) in [6.45, 7) is 2.80. The van der Waals surface area contributed by atoms with E-state index in [1.54, 1.807) is 16.9 Å². The smallest absolute Gasteiger partial charge is 0.258 e. The molecule has 4 aromatic rings. The van der Waals surface area contributed by atoms with Crippen molar-refractivity contribution in [3.8, 4) is 0 Å². The number of rotatable bonds is 6. The summed E-state index contributed by atoms with van der Waals surface area (Å²) in [6.07, 6.45) is 3.38. The summed E-state index contributed by atoms with van der Waals surface area (Å²) in [5.41, 5.74) is 3.22. The summed E-state index contributed by atoms with van der Waals surface area (Å²) in [6, 6.07) is 15.1. The summed E-state index contributed by atoms with van der Waals surface area (Å²) < 4.78 is 6.64. The van der Waals surface area contributed by atoms with Gasteiger partial charge in [-0.3, -0.25) is 19.4 Å². The topological polar surface area (TPSA) is 88.6 Å². The summed E-state index contributed by atoms with van der Waals surface area (Å²) >= 11 is 0. The Morgan fingerprint density at radius 1 is 1.18 bits per heavy atom. The number of hydrogen-bond donors (Lipinski definition) is 1. The molecule has 3 heterocycles. The Hall–Kier alpha value is -3.52. The lowest BCUT2D eigenvalue weighted by Crippen LogP contribution is -2.22. The van der Waals surface area contributed by atoms with Crippen LogP contribution >= 0.6 is 0 Å². The zero-order valence-corrected chi connectivity index (χ0v) is 15.6. The van der Waals surface area contributed by atoms with Gasteiger partial charge >= 0.3 is 0 Å². The lowest BCUT2D eigenvalue weighted by atomic mass is 10.1. The highest BCUT2D eigenvalue weighted by Crippen LogP contribution is 2.19. The van der Waals surface area contributed by atoms with Crippen LogP contribution in [0.5, 0.6) is 0 Å².